The number of benzene rings is 2. The predicted molar refractivity (Wildman–Crippen MR) is 102 cm³/mol. The van der Waals surface area contributed by atoms with Gasteiger partial charge < -0.3 is 15.1 Å². The van der Waals surface area contributed by atoms with E-state index in [1.807, 2.05) is 68.3 Å². The molecule has 0 aliphatic heterocycles. The highest BCUT2D eigenvalue weighted by molar-refractivity contribution is 8.70. The highest BCUT2D eigenvalue weighted by Crippen LogP contribution is 2.35. The van der Waals surface area contributed by atoms with Crippen molar-refractivity contribution >= 4 is 42.7 Å². The van der Waals surface area contributed by atoms with Crippen molar-refractivity contribution in [1.29, 1.82) is 0 Å². The van der Waals surface area contributed by atoms with Crippen molar-refractivity contribution in [3.05, 3.63) is 42.5 Å². The third-order valence-corrected chi connectivity index (χ3v) is 5.24. The summed E-state index contributed by atoms with van der Waals surface area (Å²) in [4.78, 5) is 4.29. The van der Waals surface area contributed by atoms with Crippen molar-refractivity contribution in [2.75, 3.05) is 43.3 Å². The molecule has 0 bridgehead atoms. The number of nitrogens with zero attached hydrogens (tertiary/aromatic N) is 2. The molecule has 2 aromatic rings. The van der Waals surface area contributed by atoms with Crippen molar-refractivity contribution in [3.63, 3.8) is 0 Å². The van der Waals surface area contributed by atoms with Crippen molar-refractivity contribution in [3.8, 4) is 0 Å². The fourth-order valence-corrected chi connectivity index (χ4v) is 3.77. The minimum atomic E-state index is -4.20. The van der Waals surface area contributed by atoms with E-state index < -0.39 is 9.15 Å². The molecule has 130 valence electrons. The Kier molecular flexibility index (Phi) is 5.63. The molecule has 0 spiro atoms. The van der Waals surface area contributed by atoms with Crippen LogP contribution in [0, 0.1) is 0 Å². The molecular weight excluding hydrogens is 346 g/mol. The lowest BCUT2D eigenvalue weighted by molar-refractivity contribution is 0.503. The number of nitrogens with one attached hydrogen (secondary N) is 1. The Morgan fingerprint density at radius 1 is 0.917 bits per heavy atom. The van der Waals surface area contributed by atoms with Gasteiger partial charge in [0.15, 0.2) is 0 Å². The maximum absolute atomic E-state index is 11.3. The second-order valence-corrected chi connectivity index (χ2v) is 8.88. The summed E-state index contributed by atoms with van der Waals surface area (Å²) in [5, 5.41) is 3.19. The lowest BCUT2D eigenvalue weighted by atomic mass is 10.2. The van der Waals surface area contributed by atoms with Crippen molar-refractivity contribution in [2.24, 2.45) is 0 Å². The molecule has 0 aliphatic carbocycles. The molecule has 2 rings (SSSR count). The zero-order valence-corrected chi connectivity index (χ0v) is 15.6. The van der Waals surface area contributed by atoms with E-state index in [-0.39, 0.29) is 0 Å². The van der Waals surface area contributed by atoms with Gasteiger partial charge in [0.1, 0.15) is 0 Å². The summed E-state index contributed by atoms with van der Waals surface area (Å²) in [5.41, 5.74) is 3.35. The van der Waals surface area contributed by atoms with E-state index in [4.69, 9.17) is 0 Å². The molecule has 0 saturated heterocycles. The molecule has 2 N–H and O–H groups in total. The van der Waals surface area contributed by atoms with Crippen LogP contribution in [0.2, 0.25) is 0 Å². The molecule has 0 unspecified atom stereocenters. The van der Waals surface area contributed by atoms with Crippen LogP contribution in [-0.2, 0) is 9.15 Å². The van der Waals surface area contributed by atoms with Gasteiger partial charge in [-0.2, -0.15) is 8.42 Å². The monoisotopic (exact) mass is 367 g/mol. The Labute approximate surface area is 146 Å². The Balaban J connectivity index is 2.34. The zero-order valence-electron chi connectivity index (χ0n) is 14.0. The van der Waals surface area contributed by atoms with Crippen molar-refractivity contribution < 1.29 is 13.0 Å². The predicted octanol–water partition coefficient (Wildman–Crippen LogP) is 3.46. The largest absolute Gasteiger partial charge is 0.378 e. The Hall–Kier alpha value is -1.90. The number of hydrogen-bond acceptors (Lipinski definition) is 6. The molecule has 24 heavy (non-hydrogen) atoms. The smallest absolute Gasteiger partial charge is 0.324 e. The SMILES string of the molecule is CN(C)c1ccc(Nc2ccc(N(C)C)cc2SS(=O)(=O)O)cc1. The van der Waals surface area contributed by atoms with Crippen LogP contribution in [0.4, 0.5) is 22.7 Å². The fourth-order valence-electron chi connectivity index (χ4n) is 2.07. The molecule has 0 saturated carbocycles. The van der Waals surface area contributed by atoms with Crippen LogP contribution in [0.3, 0.4) is 0 Å². The van der Waals surface area contributed by atoms with Gasteiger partial charge in [-0.25, -0.2) is 0 Å². The van der Waals surface area contributed by atoms with Crippen LogP contribution in [0.5, 0.6) is 0 Å². The number of rotatable bonds is 6. The first-order valence-electron chi connectivity index (χ1n) is 7.18. The van der Waals surface area contributed by atoms with E-state index in [9.17, 15) is 13.0 Å². The average Bonchev–Trinajstić information content (AvgIpc) is 2.48. The summed E-state index contributed by atoms with van der Waals surface area (Å²) >= 11 is 0. The highest BCUT2D eigenvalue weighted by atomic mass is 33.1. The van der Waals surface area contributed by atoms with Gasteiger partial charge in [0, 0.05) is 56.0 Å². The molecule has 0 heterocycles. The molecule has 0 amide bonds. The number of anilines is 4. The second-order valence-electron chi connectivity index (χ2n) is 5.65. The summed E-state index contributed by atoms with van der Waals surface area (Å²) in [6.45, 7) is 0. The van der Waals surface area contributed by atoms with Gasteiger partial charge in [-0.05, 0) is 42.5 Å². The van der Waals surface area contributed by atoms with E-state index in [0.29, 0.717) is 21.4 Å². The van der Waals surface area contributed by atoms with Crippen LogP contribution in [0.25, 0.3) is 0 Å². The topological polar surface area (TPSA) is 72.9 Å². The Bertz CT molecular complexity index is 804. The van der Waals surface area contributed by atoms with Gasteiger partial charge in [0.05, 0.1) is 10.6 Å². The van der Waals surface area contributed by atoms with Crippen LogP contribution in [-0.4, -0.2) is 41.2 Å². The first-order chi connectivity index (χ1) is 11.2. The van der Waals surface area contributed by atoms with Gasteiger partial charge in [0.2, 0.25) is 0 Å². The lowest BCUT2D eigenvalue weighted by Crippen LogP contribution is -2.09. The summed E-state index contributed by atoms with van der Waals surface area (Å²) < 4.78 is 31.7. The minimum absolute atomic E-state index is 0.417. The van der Waals surface area contributed by atoms with Gasteiger partial charge in [0.25, 0.3) is 0 Å². The van der Waals surface area contributed by atoms with Gasteiger partial charge in [-0.3, -0.25) is 4.55 Å². The van der Waals surface area contributed by atoms with Gasteiger partial charge >= 0.3 is 9.15 Å². The first kappa shape index (κ1) is 18.4. The average molecular weight is 367 g/mol. The van der Waals surface area contributed by atoms with E-state index in [1.54, 1.807) is 12.1 Å². The molecule has 0 atom stereocenters. The van der Waals surface area contributed by atoms with Crippen LogP contribution in [0.15, 0.2) is 47.4 Å². The molecule has 0 aromatic heterocycles. The van der Waals surface area contributed by atoms with E-state index >= 15 is 0 Å². The normalized spacial score (nSPS) is 11.2. The van der Waals surface area contributed by atoms with Crippen molar-refractivity contribution in [2.45, 2.75) is 4.90 Å². The quantitative estimate of drug-likeness (QED) is 0.598. The summed E-state index contributed by atoms with van der Waals surface area (Å²) in [7, 11) is 3.87. The summed E-state index contributed by atoms with van der Waals surface area (Å²) in [6, 6.07) is 13.1. The molecule has 0 radical (unpaired) electrons. The Morgan fingerprint density at radius 2 is 1.46 bits per heavy atom. The first-order valence-corrected chi connectivity index (χ1v) is 9.96. The molecule has 6 nitrogen and oxygen atoms in total. The molecule has 8 heteroatoms. The fraction of sp³-hybridized carbons (Fsp3) is 0.250. The summed E-state index contributed by atoms with van der Waals surface area (Å²) in [5.74, 6) is 0. The molecule has 0 aliphatic rings. The summed E-state index contributed by atoms with van der Waals surface area (Å²) in [6.07, 6.45) is 0. The van der Waals surface area contributed by atoms with Gasteiger partial charge in [-0.15, -0.1) is 0 Å². The van der Waals surface area contributed by atoms with Crippen LogP contribution in [0.1, 0.15) is 0 Å². The molecular formula is C16H21N3O3S2. The lowest BCUT2D eigenvalue weighted by Gasteiger charge is -2.17. The second kappa shape index (κ2) is 7.33. The molecule has 2 aromatic carbocycles. The van der Waals surface area contributed by atoms with E-state index in [2.05, 4.69) is 5.32 Å². The maximum atomic E-state index is 11.3. The van der Waals surface area contributed by atoms with E-state index in [1.165, 1.54) is 0 Å². The van der Waals surface area contributed by atoms with Crippen LogP contribution < -0.4 is 15.1 Å². The maximum Gasteiger partial charge on any atom is 0.324 e. The standard InChI is InChI=1S/C16H21N3O3S2/c1-18(2)13-7-5-12(6-8-13)17-15-10-9-14(19(3)4)11-16(15)23-24(20,21)22/h5-11,17H,1-4H3,(H,20,21,22). The zero-order chi connectivity index (χ0) is 17.9. The highest BCUT2D eigenvalue weighted by Gasteiger charge is 2.14. The number of hydrogen-bond donors (Lipinski definition) is 2. The minimum Gasteiger partial charge on any atom is -0.378 e. The third-order valence-electron chi connectivity index (χ3n) is 3.34. The van der Waals surface area contributed by atoms with Crippen LogP contribution >= 0.6 is 10.8 Å². The van der Waals surface area contributed by atoms with Gasteiger partial charge in [-0.1, -0.05) is 0 Å². The Morgan fingerprint density at radius 3 is 1.96 bits per heavy atom. The molecule has 0 fully saturated rings. The van der Waals surface area contributed by atoms with Crippen molar-refractivity contribution in [1.82, 2.24) is 0 Å². The third kappa shape index (κ3) is 5.05. The van der Waals surface area contributed by atoms with E-state index in [0.717, 1.165) is 17.1 Å².